The molecular weight excluding hydrogens is 376 g/mol. The molecule has 0 aliphatic carbocycles. The van der Waals surface area contributed by atoms with E-state index in [1.807, 2.05) is 14.0 Å². The number of amides is 1. The molecule has 0 unspecified atom stereocenters. The van der Waals surface area contributed by atoms with E-state index in [1.165, 1.54) is 11.8 Å². The number of nitrogens with zero attached hydrogens (tertiary/aromatic N) is 4. The van der Waals surface area contributed by atoms with E-state index in [9.17, 15) is 13.2 Å². The summed E-state index contributed by atoms with van der Waals surface area (Å²) >= 11 is 1.31. The second kappa shape index (κ2) is 7.43. The van der Waals surface area contributed by atoms with Crippen LogP contribution >= 0.6 is 11.8 Å². The molecule has 1 fully saturated rings. The summed E-state index contributed by atoms with van der Waals surface area (Å²) in [5.41, 5.74) is 0. The smallest absolute Gasteiger partial charge is 0.236 e. The molecule has 1 aliphatic rings. The van der Waals surface area contributed by atoms with E-state index >= 15 is 0 Å². The van der Waals surface area contributed by atoms with Crippen LogP contribution in [0.15, 0.2) is 28.0 Å². The molecule has 0 N–H and O–H groups in total. The van der Waals surface area contributed by atoms with Crippen LogP contribution in [0.3, 0.4) is 0 Å². The van der Waals surface area contributed by atoms with Gasteiger partial charge in [-0.3, -0.25) is 4.79 Å². The molecule has 8 nitrogen and oxygen atoms in total. The highest BCUT2D eigenvalue weighted by Crippen LogP contribution is 2.28. The molecule has 0 saturated carbocycles. The van der Waals surface area contributed by atoms with Crippen LogP contribution in [0.5, 0.6) is 0 Å². The molecule has 1 saturated heterocycles. The zero-order chi connectivity index (χ0) is 18.9. The van der Waals surface area contributed by atoms with Crippen LogP contribution in [0, 0.1) is 0 Å². The Morgan fingerprint density at radius 1 is 1.50 bits per heavy atom. The molecule has 3 heterocycles. The van der Waals surface area contributed by atoms with Gasteiger partial charge in [0.1, 0.15) is 0 Å². The topological polar surface area (TPSA) is 98.3 Å². The van der Waals surface area contributed by atoms with Crippen molar-refractivity contribution >= 4 is 27.5 Å². The third kappa shape index (κ3) is 3.80. The minimum Gasteiger partial charge on any atom is -0.461 e. The molecule has 0 aromatic carbocycles. The SMILES string of the molecule is CCN(C(=O)[C@H](C)Sc1nnc(-c2ccco2)n1C)[C@H]1CCS(=O)(=O)C1. The minimum atomic E-state index is -3.03. The van der Waals surface area contributed by atoms with E-state index in [-0.39, 0.29) is 23.5 Å². The second-order valence-electron chi connectivity index (χ2n) is 6.28. The van der Waals surface area contributed by atoms with E-state index in [4.69, 9.17) is 4.42 Å². The molecule has 0 spiro atoms. The minimum absolute atomic E-state index is 0.0522. The van der Waals surface area contributed by atoms with Gasteiger partial charge in [-0.05, 0) is 32.4 Å². The molecule has 2 aromatic heterocycles. The lowest BCUT2D eigenvalue weighted by atomic mass is 10.2. The van der Waals surface area contributed by atoms with Crippen LogP contribution in [0.25, 0.3) is 11.6 Å². The first-order valence-electron chi connectivity index (χ1n) is 8.43. The lowest BCUT2D eigenvalue weighted by Crippen LogP contribution is -2.44. The van der Waals surface area contributed by atoms with E-state index < -0.39 is 15.1 Å². The van der Waals surface area contributed by atoms with Gasteiger partial charge in [-0.25, -0.2) is 8.42 Å². The van der Waals surface area contributed by atoms with E-state index in [0.29, 0.717) is 29.7 Å². The Hall–Kier alpha value is -1.81. The number of carbonyl (C=O) groups excluding carboxylic acids is 1. The zero-order valence-electron chi connectivity index (χ0n) is 15.0. The average molecular weight is 399 g/mol. The Morgan fingerprint density at radius 3 is 2.85 bits per heavy atom. The highest BCUT2D eigenvalue weighted by atomic mass is 32.2. The molecule has 0 radical (unpaired) electrons. The van der Waals surface area contributed by atoms with Gasteiger partial charge in [-0.1, -0.05) is 11.8 Å². The van der Waals surface area contributed by atoms with Gasteiger partial charge in [0, 0.05) is 19.6 Å². The first kappa shape index (κ1) is 19.0. The van der Waals surface area contributed by atoms with Crippen molar-refractivity contribution in [3.63, 3.8) is 0 Å². The Morgan fingerprint density at radius 2 is 2.27 bits per heavy atom. The molecule has 142 valence electrons. The van der Waals surface area contributed by atoms with Gasteiger partial charge in [-0.15, -0.1) is 10.2 Å². The van der Waals surface area contributed by atoms with Crippen molar-refractivity contribution in [2.45, 2.75) is 36.7 Å². The van der Waals surface area contributed by atoms with Gasteiger partial charge >= 0.3 is 0 Å². The Kier molecular flexibility index (Phi) is 5.42. The van der Waals surface area contributed by atoms with Gasteiger partial charge in [0.25, 0.3) is 0 Å². The van der Waals surface area contributed by atoms with Crippen molar-refractivity contribution in [1.29, 1.82) is 0 Å². The highest BCUT2D eigenvalue weighted by Gasteiger charge is 2.35. The van der Waals surface area contributed by atoms with Gasteiger partial charge in [0.15, 0.2) is 26.6 Å². The summed E-state index contributed by atoms with van der Waals surface area (Å²) in [5, 5.41) is 8.48. The number of aromatic nitrogens is 3. The summed E-state index contributed by atoms with van der Waals surface area (Å²) in [6.45, 7) is 4.16. The summed E-state index contributed by atoms with van der Waals surface area (Å²) in [6.07, 6.45) is 2.07. The number of carbonyl (C=O) groups is 1. The standard InChI is InChI=1S/C16H22N4O4S2/c1-4-20(12-7-9-26(22,23)10-12)15(21)11(2)25-16-18-17-14(19(16)3)13-6-5-8-24-13/h5-6,8,11-12H,4,7,9-10H2,1-3H3/t11-,12-/m0/s1. The van der Waals surface area contributed by atoms with Crippen LogP contribution in [0.4, 0.5) is 0 Å². The maximum Gasteiger partial charge on any atom is 0.236 e. The van der Waals surface area contributed by atoms with Crippen LogP contribution < -0.4 is 0 Å². The molecule has 1 amide bonds. The van der Waals surface area contributed by atoms with E-state index in [2.05, 4.69) is 10.2 Å². The van der Waals surface area contributed by atoms with Gasteiger partial charge in [0.05, 0.1) is 23.0 Å². The predicted octanol–water partition coefficient (Wildman–Crippen LogP) is 1.59. The van der Waals surface area contributed by atoms with Crippen LogP contribution in [0.2, 0.25) is 0 Å². The number of sulfone groups is 1. The van der Waals surface area contributed by atoms with Crippen molar-refractivity contribution in [1.82, 2.24) is 19.7 Å². The summed E-state index contributed by atoms with van der Waals surface area (Å²) in [5.74, 6) is 1.32. The number of hydrogen-bond acceptors (Lipinski definition) is 7. The summed E-state index contributed by atoms with van der Waals surface area (Å²) in [6, 6.07) is 3.34. The van der Waals surface area contributed by atoms with Crippen molar-refractivity contribution in [2.75, 3.05) is 18.1 Å². The zero-order valence-corrected chi connectivity index (χ0v) is 16.6. The Labute approximate surface area is 156 Å². The average Bonchev–Trinajstić information content (AvgIpc) is 3.30. The normalized spacial score (nSPS) is 20.2. The molecule has 2 aromatic rings. The largest absolute Gasteiger partial charge is 0.461 e. The first-order chi connectivity index (χ1) is 12.3. The summed E-state index contributed by atoms with van der Waals surface area (Å²) < 4.78 is 30.6. The lowest BCUT2D eigenvalue weighted by Gasteiger charge is -2.29. The number of hydrogen-bond donors (Lipinski definition) is 0. The van der Waals surface area contributed by atoms with Crippen LogP contribution in [-0.2, 0) is 21.7 Å². The Bertz CT molecular complexity index is 876. The van der Waals surface area contributed by atoms with Crippen molar-refractivity contribution in [3.05, 3.63) is 18.4 Å². The third-order valence-corrected chi connectivity index (χ3v) is 7.35. The molecule has 0 bridgehead atoms. The van der Waals surface area contributed by atoms with Crippen LogP contribution in [0.1, 0.15) is 20.3 Å². The summed E-state index contributed by atoms with van der Waals surface area (Å²) in [7, 11) is -1.22. The molecule has 1 aliphatic heterocycles. The van der Waals surface area contributed by atoms with E-state index in [1.54, 1.807) is 34.8 Å². The molecule has 26 heavy (non-hydrogen) atoms. The van der Waals surface area contributed by atoms with Crippen molar-refractivity contribution in [2.24, 2.45) is 7.05 Å². The fourth-order valence-electron chi connectivity index (χ4n) is 3.10. The quantitative estimate of drug-likeness (QED) is 0.682. The van der Waals surface area contributed by atoms with E-state index in [0.717, 1.165) is 0 Å². The number of thioether (sulfide) groups is 1. The van der Waals surface area contributed by atoms with Crippen LogP contribution in [-0.4, -0.2) is 63.3 Å². The second-order valence-corrected chi connectivity index (χ2v) is 9.82. The maximum atomic E-state index is 12.9. The maximum absolute atomic E-state index is 12.9. The van der Waals surface area contributed by atoms with Gasteiger partial charge < -0.3 is 13.9 Å². The third-order valence-electron chi connectivity index (χ3n) is 4.48. The monoisotopic (exact) mass is 398 g/mol. The number of furan rings is 1. The molecular formula is C16H22N4O4S2. The van der Waals surface area contributed by atoms with Crippen molar-refractivity contribution in [3.8, 4) is 11.6 Å². The predicted molar refractivity (Wildman–Crippen MR) is 98.5 cm³/mol. The lowest BCUT2D eigenvalue weighted by molar-refractivity contribution is -0.131. The molecule has 3 rings (SSSR count). The van der Waals surface area contributed by atoms with Crippen molar-refractivity contribution < 1.29 is 17.6 Å². The summed E-state index contributed by atoms with van der Waals surface area (Å²) in [4.78, 5) is 14.5. The fourth-order valence-corrected chi connectivity index (χ4v) is 5.71. The number of rotatable bonds is 6. The first-order valence-corrected chi connectivity index (χ1v) is 11.1. The molecule has 10 heteroatoms. The van der Waals surface area contributed by atoms with Gasteiger partial charge in [0.2, 0.25) is 5.91 Å². The Balaban J connectivity index is 1.71. The van der Waals surface area contributed by atoms with Gasteiger partial charge in [-0.2, -0.15) is 0 Å². The highest BCUT2D eigenvalue weighted by molar-refractivity contribution is 8.00. The molecule has 2 atom stereocenters. The fraction of sp³-hybridized carbons (Fsp3) is 0.562.